The molecule has 0 spiro atoms. The van der Waals surface area contributed by atoms with Gasteiger partial charge in [0.1, 0.15) is 0 Å². The van der Waals surface area contributed by atoms with Gasteiger partial charge in [-0.1, -0.05) is 31.2 Å². The first kappa shape index (κ1) is 16.8. The molecule has 1 aromatic heterocycles. The van der Waals surface area contributed by atoms with Crippen LogP contribution in [0.5, 0.6) is 0 Å². The van der Waals surface area contributed by atoms with E-state index in [4.69, 9.17) is 4.74 Å². The zero-order valence-corrected chi connectivity index (χ0v) is 15.4. The minimum absolute atomic E-state index is 0.0996. The van der Waals surface area contributed by atoms with Gasteiger partial charge < -0.3 is 15.0 Å². The molecular formula is C20H24N2O2S. The molecule has 1 N–H and O–H groups in total. The van der Waals surface area contributed by atoms with Gasteiger partial charge in [-0.3, -0.25) is 4.79 Å². The smallest absolute Gasteiger partial charge is 0.264 e. The van der Waals surface area contributed by atoms with Gasteiger partial charge in [-0.2, -0.15) is 0 Å². The normalized spacial score (nSPS) is 20.4. The Morgan fingerprint density at radius 3 is 2.96 bits per heavy atom. The van der Waals surface area contributed by atoms with Gasteiger partial charge in [-0.15, -0.1) is 11.3 Å². The second-order valence-electron chi connectivity index (χ2n) is 6.68. The third kappa shape index (κ3) is 3.36. The van der Waals surface area contributed by atoms with E-state index in [1.54, 1.807) is 11.3 Å². The number of ether oxygens (including phenoxy) is 1. The highest BCUT2D eigenvalue weighted by Crippen LogP contribution is 2.31. The predicted octanol–water partition coefficient (Wildman–Crippen LogP) is 3.17. The summed E-state index contributed by atoms with van der Waals surface area (Å²) < 4.78 is 5.52. The van der Waals surface area contributed by atoms with Gasteiger partial charge in [0.25, 0.3) is 5.91 Å². The lowest BCUT2D eigenvalue weighted by Gasteiger charge is -2.36. The summed E-state index contributed by atoms with van der Waals surface area (Å²) in [6.45, 7) is 5.98. The first-order valence-electron chi connectivity index (χ1n) is 9.06. The molecule has 1 unspecified atom stereocenters. The Kier molecular flexibility index (Phi) is 4.88. The second kappa shape index (κ2) is 7.28. The number of fused-ring (bicyclic) bond motifs is 1. The van der Waals surface area contributed by atoms with E-state index in [0.717, 1.165) is 44.0 Å². The maximum Gasteiger partial charge on any atom is 0.264 e. The lowest BCUT2D eigenvalue weighted by atomic mass is 10.0. The number of aryl methyl sites for hydroxylation is 1. The van der Waals surface area contributed by atoms with E-state index < -0.39 is 0 Å². The molecule has 3 heterocycles. The molecule has 1 atom stereocenters. The molecule has 5 heteroatoms. The molecule has 1 fully saturated rings. The lowest BCUT2D eigenvalue weighted by molar-refractivity contribution is 0.0639. The van der Waals surface area contributed by atoms with Crippen molar-refractivity contribution in [2.45, 2.75) is 32.4 Å². The van der Waals surface area contributed by atoms with Crippen molar-refractivity contribution in [2.24, 2.45) is 0 Å². The van der Waals surface area contributed by atoms with Crippen molar-refractivity contribution >= 4 is 17.2 Å². The van der Waals surface area contributed by atoms with Crippen molar-refractivity contribution in [3.8, 4) is 0 Å². The van der Waals surface area contributed by atoms with Crippen molar-refractivity contribution in [2.75, 3.05) is 26.2 Å². The molecule has 0 aliphatic carbocycles. The van der Waals surface area contributed by atoms with Crippen LogP contribution >= 0.6 is 11.3 Å². The standard InChI is InChI=1S/C20H24N2O2S/c1-2-14-3-5-15(6-4-14)17-12-21-8-9-22(17)20(23)19-11-16-13-24-10-7-18(16)25-19/h3-6,11,17,21H,2,7-10,12-13H2,1H3. The second-order valence-corrected chi connectivity index (χ2v) is 7.81. The van der Waals surface area contributed by atoms with E-state index in [9.17, 15) is 4.79 Å². The van der Waals surface area contributed by atoms with Gasteiger partial charge in [-0.25, -0.2) is 0 Å². The van der Waals surface area contributed by atoms with Crippen LogP contribution in [0.4, 0.5) is 0 Å². The number of carbonyl (C=O) groups excluding carboxylic acids is 1. The number of nitrogens with one attached hydrogen (secondary N) is 1. The van der Waals surface area contributed by atoms with Crippen LogP contribution in [0.3, 0.4) is 0 Å². The molecule has 4 rings (SSSR count). The van der Waals surface area contributed by atoms with Gasteiger partial charge >= 0.3 is 0 Å². The third-order valence-electron chi connectivity index (χ3n) is 5.12. The van der Waals surface area contributed by atoms with Crippen molar-refractivity contribution in [3.05, 3.63) is 56.8 Å². The van der Waals surface area contributed by atoms with Crippen molar-refractivity contribution in [1.82, 2.24) is 10.2 Å². The Labute approximate surface area is 152 Å². The summed E-state index contributed by atoms with van der Waals surface area (Å²) in [6, 6.07) is 10.8. The molecule has 2 aliphatic rings. The lowest BCUT2D eigenvalue weighted by Crippen LogP contribution is -2.48. The number of piperazine rings is 1. The summed E-state index contributed by atoms with van der Waals surface area (Å²) in [4.78, 5) is 17.4. The van der Waals surface area contributed by atoms with Crippen LogP contribution in [0, 0.1) is 0 Å². The Bertz CT molecular complexity index is 730. The molecule has 1 amide bonds. The van der Waals surface area contributed by atoms with Gasteiger partial charge in [-0.05, 0) is 29.2 Å². The molecule has 0 saturated carbocycles. The van der Waals surface area contributed by atoms with E-state index in [0.29, 0.717) is 6.61 Å². The number of amides is 1. The van der Waals surface area contributed by atoms with E-state index in [1.807, 2.05) is 11.0 Å². The number of nitrogens with zero attached hydrogens (tertiary/aromatic N) is 1. The summed E-state index contributed by atoms with van der Waals surface area (Å²) in [6.07, 6.45) is 1.96. The Morgan fingerprint density at radius 2 is 2.20 bits per heavy atom. The molecule has 2 aromatic rings. The molecule has 0 bridgehead atoms. The molecule has 25 heavy (non-hydrogen) atoms. The summed E-state index contributed by atoms with van der Waals surface area (Å²) in [7, 11) is 0. The van der Waals surface area contributed by atoms with Crippen molar-refractivity contribution in [1.29, 1.82) is 0 Å². The summed E-state index contributed by atoms with van der Waals surface area (Å²) in [5.41, 5.74) is 3.73. The van der Waals surface area contributed by atoms with Gasteiger partial charge in [0, 0.05) is 30.9 Å². The maximum absolute atomic E-state index is 13.2. The van der Waals surface area contributed by atoms with E-state index >= 15 is 0 Å². The minimum atomic E-state index is 0.0996. The van der Waals surface area contributed by atoms with Crippen LogP contribution in [-0.4, -0.2) is 37.0 Å². The van der Waals surface area contributed by atoms with Crippen LogP contribution in [0.25, 0.3) is 0 Å². The van der Waals surface area contributed by atoms with Gasteiger partial charge in [0.05, 0.1) is 24.1 Å². The molecule has 1 saturated heterocycles. The van der Waals surface area contributed by atoms with E-state index in [-0.39, 0.29) is 11.9 Å². The third-order valence-corrected chi connectivity index (χ3v) is 6.34. The van der Waals surface area contributed by atoms with Crippen LogP contribution in [0.2, 0.25) is 0 Å². The highest BCUT2D eigenvalue weighted by Gasteiger charge is 2.30. The van der Waals surface area contributed by atoms with Crippen molar-refractivity contribution in [3.63, 3.8) is 0 Å². The Hall–Kier alpha value is -1.69. The molecule has 132 valence electrons. The Morgan fingerprint density at radius 1 is 1.36 bits per heavy atom. The number of benzene rings is 1. The largest absolute Gasteiger partial charge is 0.376 e. The summed E-state index contributed by atoms with van der Waals surface area (Å²) in [5, 5.41) is 3.44. The number of hydrogen-bond donors (Lipinski definition) is 1. The number of thiophene rings is 1. The average Bonchev–Trinajstić information content (AvgIpc) is 3.12. The summed E-state index contributed by atoms with van der Waals surface area (Å²) in [5.74, 6) is 0.158. The molecule has 2 aliphatic heterocycles. The van der Waals surface area contributed by atoms with Crippen LogP contribution in [0.15, 0.2) is 30.3 Å². The first-order chi connectivity index (χ1) is 12.3. The topological polar surface area (TPSA) is 41.6 Å². The Balaban J connectivity index is 1.59. The van der Waals surface area contributed by atoms with E-state index in [1.165, 1.54) is 21.6 Å². The molecule has 4 nitrogen and oxygen atoms in total. The fourth-order valence-electron chi connectivity index (χ4n) is 3.61. The predicted molar refractivity (Wildman–Crippen MR) is 100 cm³/mol. The summed E-state index contributed by atoms with van der Waals surface area (Å²) >= 11 is 1.65. The molecule has 1 aromatic carbocycles. The van der Waals surface area contributed by atoms with Gasteiger partial charge in [0.15, 0.2) is 0 Å². The van der Waals surface area contributed by atoms with Crippen LogP contribution < -0.4 is 5.32 Å². The van der Waals surface area contributed by atoms with Crippen LogP contribution in [0.1, 0.15) is 44.2 Å². The number of carbonyl (C=O) groups is 1. The highest BCUT2D eigenvalue weighted by atomic mass is 32.1. The first-order valence-corrected chi connectivity index (χ1v) is 9.87. The average molecular weight is 356 g/mol. The number of rotatable bonds is 3. The fourth-order valence-corrected chi connectivity index (χ4v) is 4.72. The maximum atomic E-state index is 13.2. The number of hydrogen-bond acceptors (Lipinski definition) is 4. The van der Waals surface area contributed by atoms with Crippen molar-refractivity contribution < 1.29 is 9.53 Å². The van der Waals surface area contributed by atoms with Crippen LogP contribution in [-0.2, 0) is 24.2 Å². The molecular weight excluding hydrogens is 332 g/mol. The SMILES string of the molecule is CCc1ccc(C2CNCCN2C(=O)c2cc3c(s2)CCOC3)cc1. The quantitative estimate of drug-likeness (QED) is 0.918. The molecule has 0 radical (unpaired) electrons. The highest BCUT2D eigenvalue weighted by molar-refractivity contribution is 7.14. The zero-order valence-electron chi connectivity index (χ0n) is 14.6. The minimum Gasteiger partial charge on any atom is -0.376 e. The fraction of sp³-hybridized carbons (Fsp3) is 0.450. The van der Waals surface area contributed by atoms with Gasteiger partial charge in [0.2, 0.25) is 0 Å². The van der Waals surface area contributed by atoms with E-state index in [2.05, 4.69) is 36.5 Å². The zero-order chi connectivity index (χ0) is 17.2. The monoisotopic (exact) mass is 356 g/mol.